The Balaban J connectivity index is 1.31. The molecule has 3 amide bonds. The van der Waals surface area contributed by atoms with Crippen LogP contribution in [0.25, 0.3) is 0 Å². The molecule has 0 unspecified atom stereocenters. The van der Waals surface area contributed by atoms with Crippen LogP contribution in [-0.2, 0) is 25.7 Å². The van der Waals surface area contributed by atoms with Gasteiger partial charge in [0.1, 0.15) is 17.4 Å². The number of benzene rings is 2. The largest absolute Gasteiger partial charge is 0.497 e. The van der Waals surface area contributed by atoms with Crippen LogP contribution < -0.4 is 15.4 Å². The molecule has 0 radical (unpaired) electrons. The molecule has 2 saturated heterocycles. The molecule has 4 aliphatic rings. The molecular formula is C34H41N3O5. The molecule has 0 aromatic heterocycles. The fraction of sp³-hybridized carbons (Fsp3) is 0.500. The zero-order valence-corrected chi connectivity index (χ0v) is 24.8. The van der Waals surface area contributed by atoms with Gasteiger partial charge in [-0.25, -0.2) is 0 Å². The molecule has 42 heavy (non-hydrogen) atoms. The van der Waals surface area contributed by atoms with Crippen LogP contribution in [0.1, 0.15) is 63.5 Å². The van der Waals surface area contributed by atoms with E-state index >= 15 is 0 Å². The predicted octanol–water partition coefficient (Wildman–Crippen LogP) is 4.80. The number of hydrogen-bond acceptors (Lipinski definition) is 5. The van der Waals surface area contributed by atoms with Gasteiger partial charge in [-0.1, -0.05) is 70.0 Å². The van der Waals surface area contributed by atoms with Gasteiger partial charge in [-0.2, -0.15) is 0 Å². The number of anilines is 1. The molecule has 1 spiro atoms. The highest BCUT2D eigenvalue weighted by Crippen LogP contribution is 2.55. The van der Waals surface area contributed by atoms with Crippen LogP contribution in [0.15, 0.2) is 60.7 Å². The van der Waals surface area contributed by atoms with Gasteiger partial charge >= 0.3 is 0 Å². The Hall–Kier alpha value is -3.65. The summed E-state index contributed by atoms with van der Waals surface area (Å²) in [6, 6.07) is 14.4. The summed E-state index contributed by atoms with van der Waals surface area (Å²) in [4.78, 5) is 43.9. The maximum absolute atomic E-state index is 14.3. The molecule has 3 fully saturated rings. The Kier molecular flexibility index (Phi) is 7.60. The summed E-state index contributed by atoms with van der Waals surface area (Å²) >= 11 is 0. The lowest BCUT2D eigenvalue weighted by atomic mass is 9.74. The number of likely N-dealkylation sites (tertiary alicyclic amines) is 1. The number of methoxy groups -OCH3 is 1. The molecule has 2 N–H and O–H groups in total. The first-order chi connectivity index (χ1) is 20.2. The zero-order valence-electron chi connectivity index (χ0n) is 24.8. The summed E-state index contributed by atoms with van der Waals surface area (Å²) < 4.78 is 11.9. The number of hydrogen-bond donors (Lipinski definition) is 2. The highest BCUT2D eigenvalue weighted by Gasteiger charge is 2.72. The highest BCUT2D eigenvalue weighted by atomic mass is 16.5. The Bertz CT molecular complexity index is 1390. The number of carbonyl (C=O) groups is 3. The van der Waals surface area contributed by atoms with Crippen LogP contribution >= 0.6 is 0 Å². The van der Waals surface area contributed by atoms with Crippen molar-refractivity contribution in [2.24, 2.45) is 17.8 Å². The van der Waals surface area contributed by atoms with Crippen molar-refractivity contribution in [3.63, 3.8) is 0 Å². The zero-order chi connectivity index (χ0) is 29.6. The lowest BCUT2D eigenvalue weighted by Gasteiger charge is -2.36. The van der Waals surface area contributed by atoms with Gasteiger partial charge in [0, 0.05) is 18.3 Å². The normalized spacial score (nSPS) is 31.4. The van der Waals surface area contributed by atoms with Gasteiger partial charge < -0.3 is 25.0 Å². The lowest BCUT2D eigenvalue weighted by Crippen LogP contribution is -2.57. The van der Waals surface area contributed by atoms with Crippen molar-refractivity contribution in [3.05, 3.63) is 71.8 Å². The van der Waals surface area contributed by atoms with Crippen LogP contribution in [-0.4, -0.2) is 53.5 Å². The Morgan fingerprint density at radius 3 is 2.57 bits per heavy atom. The second-order valence-corrected chi connectivity index (χ2v) is 12.7. The van der Waals surface area contributed by atoms with Gasteiger partial charge in [0.25, 0.3) is 0 Å². The minimum absolute atomic E-state index is 0.0472. The fourth-order valence-electron chi connectivity index (χ4n) is 7.37. The Morgan fingerprint density at radius 2 is 1.86 bits per heavy atom. The van der Waals surface area contributed by atoms with E-state index in [4.69, 9.17) is 9.47 Å². The van der Waals surface area contributed by atoms with E-state index in [0.29, 0.717) is 23.3 Å². The summed E-state index contributed by atoms with van der Waals surface area (Å²) in [5.41, 5.74) is 1.49. The third kappa shape index (κ3) is 4.89. The van der Waals surface area contributed by atoms with E-state index < -0.39 is 29.6 Å². The van der Waals surface area contributed by atoms with Gasteiger partial charge in [-0.15, -0.1) is 0 Å². The molecule has 1 saturated carbocycles. The number of amides is 3. The number of nitrogens with zero attached hydrogens (tertiary/aromatic N) is 1. The van der Waals surface area contributed by atoms with E-state index in [2.05, 4.69) is 31.4 Å². The quantitative estimate of drug-likeness (QED) is 0.444. The summed E-state index contributed by atoms with van der Waals surface area (Å²) in [5.74, 6) is -0.862. The molecule has 1 aliphatic carbocycles. The summed E-state index contributed by atoms with van der Waals surface area (Å²) in [7, 11) is 1.60. The third-order valence-electron chi connectivity index (χ3n) is 9.70. The van der Waals surface area contributed by atoms with E-state index in [-0.39, 0.29) is 30.3 Å². The maximum atomic E-state index is 14.3. The molecule has 7 atom stereocenters. The standard InChI is InChI=1S/C34H41N3O5/c1-20(2)23-12-14-24(15-13-23)35-31(38)28-27-16-17-34(42-27)29(28)33(40)37(19-22-9-7-10-25(18-22)41-4)30(34)32(39)36-26-11-6-5-8-21(26)3/h7,9-10,12-18,20-21,26-30H,5-6,8,11,19H2,1-4H3,(H,35,38)(H,36,39)/t21-,26-,27-,28+,29-,30-,34-/m0/s1. The smallest absolute Gasteiger partial charge is 0.246 e. The monoisotopic (exact) mass is 571 g/mol. The van der Waals surface area contributed by atoms with Crippen LogP contribution in [0.3, 0.4) is 0 Å². The number of nitrogens with one attached hydrogen (secondary N) is 2. The van der Waals surface area contributed by atoms with Gasteiger partial charge in [0.05, 0.1) is 25.0 Å². The Labute approximate surface area is 247 Å². The van der Waals surface area contributed by atoms with Crippen molar-refractivity contribution in [1.82, 2.24) is 10.2 Å². The molecule has 2 bridgehead atoms. The minimum atomic E-state index is -1.20. The van der Waals surface area contributed by atoms with Crippen molar-refractivity contribution in [2.45, 2.75) is 82.7 Å². The number of carbonyl (C=O) groups excluding carboxylic acids is 3. The van der Waals surface area contributed by atoms with Crippen molar-refractivity contribution < 1.29 is 23.9 Å². The van der Waals surface area contributed by atoms with E-state index in [1.807, 2.05) is 60.7 Å². The number of ether oxygens (including phenoxy) is 2. The maximum Gasteiger partial charge on any atom is 0.246 e. The topological polar surface area (TPSA) is 97.0 Å². The SMILES string of the molecule is COc1cccc(CN2C(=O)[C@@H]3[C@H](C(=O)Nc4ccc(C(C)C)cc4)[C@@H]4C=C[C@@]3(O4)[C@@H]2C(=O)N[C@H]2CCCC[C@@H]2C)c1. The van der Waals surface area contributed by atoms with Crippen molar-refractivity contribution in [1.29, 1.82) is 0 Å². The molecule has 8 nitrogen and oxygen atoms in total. The minimum Gasteiger partial charge on any atom is -0.497 e. The van der Waals surface area contributed by atoms with Gasteiger partial charge in [-0.3, -0.25) is 14.4 Å². The van der Waals surface area contributed by atoms with Crippen molar-refractivity contribution in [2.75, 3.05) is 12.4 Å². The van der Waals surface area contributed by atoms with Crippen LogP contribution in [0.2, 0.25) is 0 Å². The number of fused-ring (bicyclic) bond motifs is 1. The fourth-order valence-corrected chi connectivity index (χ4v) is 7.37. The number of rotatable bonds is 8. The van der Waals surface area contributed by atoms with E-state index in [1.165, 1.54) is 5.56 Å². The van der Waals surface area contributed by atoms with E-state index in [0.717, 1.165) is 31.2 Å². The summed E-state index contributed by atoms with van der Waals surface area (Å²) in [6.45, 7) is 6.62. The van der Waals surface area contributed by atoms with E-state index in [1.54, 1.807) is 12.0 Å². The molecule has 3 heterocycles. The molecular weight excluding hydrogens is 530 g/mol. The first-order valence-corrected chi connectivity index (χ1v) is 15.2. The van der Waals surface area contributed by atoms with E-state index in [9.17, 15) is 14.4 Å². The molecule has 6 rings (SSSR count). The summed E-state index contributed by atoms with van der Waals surface area (Å²) in [5, 5.41) is 6.31. The summed E-state index contributed by atoms with van der Waals surface area (Å²) in [6.07, 6.45) is 7.36. The average Bonchev–Trinajstić information content (AvgIpc) is 3.62. The van der Waals surface area contributed by atoms with Crippen molar-refractivity contribution >= 4 is 23.4 Å². The first kappa shape index (κ1) is 28.5. The molecule has 3 aliphatic heterocycles. The first-order valence-electron chi connectivity index (χ1n) is 15.2. The molecule has 8 heteroatoms. The highest BCUT2D eigenvalue weighted by molar-refractivity contribution is 6.02. The second kappa shape index (κ2) is 11.2. The third-order valence-corrected chi connectivity index (χ3v) is 9.70. The average molecular weight is 572 g/mol. The predicted molar refractivity (Wildman–Crippen MR) is 160 cm³/mol. The van der Waals surface area contributed by atoms with Gasteiger partial charge in [0.2, 0.25) is 17.7 Å². The van der Waals surface area contributed by atoms with Crippen LogP contribution in [0.4, 0.5) is 5.69 Å². The van der Waals surface area contributed by atoms with Crippen LogP contribution in [0, 0.1) is 17.8 Å². The molecule has 222 valence electrons. The van der Waals surface area contributed by atoms with Gasteiger partial charge in [-0.05, 0) is 60.1 Å². The lowest BCUT2D eigenvalue weighted by molar-refractivity contribution is -0.142. The van der Waals surface area contributed by atoms with Crippen molar-refractivity contribution in [3.8, 4) is 5.75 Å². The molecule has 2 aromatic carbocycles. The second-order valence-electron chi connectivity index (χ2n) is 12.7. The Morgan fingerprint density at radius 1 is 1.10 bits per heavy atom. The van der Waals surface area contributed by atoms with Crippen LogP contribution in [0.5, 0.6) is 5.75 Å². The van der Waals surface area contributed by atoms with Gasteiger partial charge in [0.15, 0.2) is 0 Å². The molecule has 2 aromatic rings.